The van der Waals surface area contributed by atoms with Gasteiger partial charge in [0.25, 0.3) is 5.91 Å². The van der Waals surface area contributed by atoms with Crippen molar-refractivity contribution in [2.45, 2.75) is 19.8 Å². The van der Waals surface area contributed by atoms with Gasteiger partial charge in [0.1, 0.15) is 5.69 Å². The van der Waals surface area contributed by atoms with Crippen LogP contribution in [-0.2, 0) is 7.05 Å². The van der Waals surface area contributed by atoms with Crippen LogP contribution in [0.2, 0.25) is 0 Å². The van der Waals surface area contributed by atoms with Gasteiger partial charge in [-0.15, -0.1) is 0 Å². The predicted octanol–water partition coefficient (Wildman–Crippen LogP) is 0.655. The van der Waals surface area contributed by atoms with E-state index in [1.807, 2.05) is 0 Å². The van der Waals surface area contributed by atoms with Crippen molar-refractivity contribution in [3.8, 4) is 0 Å². The number of aromatic nitrogens is 2. The third kappa shape index (κ3) is 3.34. The normalized spacial score (nSPS) is 10.4. The second-order valence-electron chi connectivity index (χ2n) is 3.74. The number of amides is 1. The van der Waals surface area contributed by atoms with Crippen molar-refractivity contribution in [1.29, 1.82) is 0 Å². The molecule has 0 fully saturated rings. The Kier molecular flexibility index (Phi) is 4.98. The van der Waals surface area contributed by atoms with Crippen LogP contribution in [0.25, 0.3) is 0 Å². The molecule has 0 unspecified atom stereocenters. The van der Waals surface area contributed by atoms with E-state index in [-0.39, 0.29) is 12.5 Å². The van der Waals surface area contributed by atoms with E-state index in [0.717, 1.165) is 12.8 Å². The van der Waals surface area contributed by atoms with Gasteiger partial charge in [-0.3, -0.25) is 9.48 Å². The molecule has 0 aliphatic heterocycles. The summed E-state index contributed by atoms with van der Waals surface area (Å²) in [4.78, 5) is 13.6. The fourth-order valence-corrected chi connectivity index (χ4v) is 1.48. The Morgan fingerprint density at radius 3 is 2.81 bits per heavy atom. The van der Waals surface area contributed by atoms with E-state index in [4.69, 9.17) is 5.11 Å². The second kappa shape index (κ2) is 6.27. The van der Waals surface area contributed by atoms with Crippen LogP contribution in [-0.4, -0.2) is 45.4 Å². The predicted molar refractivity (Wildman–Crippen MR) is 61.1 cm³/mol. The lowest BCUT2D eigenvalue weighted by molar-refractivity contribution is 0.0712. The zero-order chi connectivity index (χ0) is 12.0. The van der Waals surface area contributed by atoms with Crippen molar-refractivity contribution in [1.82, 2.24) is 14.7 Å². The SMILES string of the molecule is CCCCN(CCO)C(=O)c1ccn(C)n1. The van der Waals surface area contributed by atoms with E-state index in [1.54, 1.807) is 28.9 Å². The maximum Gasteiger partial charge on any atom is 0.274 e. The Morgan fingerprint density at radius 1 is 1.56 bits per heavy atom. The molecule has 0 aliphatic rings. The van der Waals surface area contributed by atoms with E-state index < -0.39 is 0 Å². The lowest BCUT2D eigenvalue weighted by atomic mass is 10.3. The second-order valence-corrected chi connectivity index (χ2v) is 3.74. The van der Waals surface area contributed by atoms with Crippen molar-refractivity contribution < 1.29 is 9.90 Å². The number of aliphatic hydroxyl groups excluding tert-OH is 1. The van der Waals surface area contributed by atoms with Crippen LogP contribution in [0.1, 0.15) is 30.3 Å². The molecule has 1 aromatic rings. The Bertz CT molecular complexity index is 336. The summed E-state index contributed by atoms with van der Waals surface area (Å²) in [6.07, 6.45) is 3.71. The smallest absolute Gasteiger partial charge is 0.274 e. The molecule has 0 bridgehead atoms. The fourth-order valence-electron chi connectivity index (χ4n) is 1.48. The third-order valence-corrected chi connectivity index (χ3v) is 2.37. The van der Waals surface area contributed by atoms with Crippen LogP contribution < -0.4 is 0 Å². The summed E-state index contributed by atoms with van der Waals surface area (Å²) in [5.74, 6) is -0.108. The molecule has 1 N–H and O–H groups in total. The molecule has 1 rings (SSSR count). The lowest BCUT2D eigenvalue weighted by Gasteiger charge is -2.20. The van der Waals surface area contributed by atoms with Gasteiger partial charge < -0.3 is 10.0 Å². The number of aryl methyl sites for hydroxylation is 1. The first-order chi connectivity index (χ1) is 7.69. The number of unbranched alkanes of at least 4 members (excludes halogenated alkanes) is 1. The molecule has 0 saturated carbocycles. The minimum atomic E-state index is -0.108. The van der Waals surface area contributed by atoms with Gasteiger partial charge in [-0.1, -0.05) is 13.3 Å². The van der Waals surface area contributed by atoms with Gasteiger partial charge in [0.15, 0.2) is 0 Å². The number of aliphatic hydroxyl groups is 1. The summed E-state index contributed by atoms with van der Waals surface area (Å²) in [6, 6.07) is 1.69. The Morgan fingerprint density at radius 2 is 2.31 bits per heavy atom. The van der Waals surface area contributed by atoms with Crippen LogP contribution in [0.4, 0.5) is 0 Å². The number of carbonyl (C=O) groups is 1. The number of carbonyl (C=O) groups excluding carboxylic acids is 1. The summed E-state index contributed by atoms with van der Waals surface area (Å²) in [6.45, 7) is 3.10. The van der Waals surface area contributed by atoms with Gasteiger partial charge in [-0.2, -0.15) is 5.10 Å². The fraction of sp³-hybridized carbons (Fsp3) is 0.636. The van der Waals surface area contributed by atoms with E-state index in [9.17, 15) is 4.79 Å². The summed E-state index contributed by atoms with van der Waals surface area (Å²) in [5.41, 5.74) is 0.437. The topological polar surface area (TPSA) is 58.4 Å². The largest absolute Gasteiger partial charge is 0.395 e. The maximum atomic E-state index is 12.0. The molecule has 0 atom stereocenters. The highest BCUT2D eigenvalue weighted by Gasteiger charge is 2.16. The average Bonchev–Trinajstić information content (AvgIpc) is 2.70. The van der Waals surface area contributed by atoms with Gasteiger partial charge in [-0.25, -0.2) is 0 Å². The molecule has 0 saturated heterocycles. The van der Waals surface area contributed by atoms with Crippen molar-refractivity contribution >= 4 is 5.91 Å². The molecule has 0 radical (unpaired) electrons. The first-order valence-electron chi connectivity index (χ1n) is 5.58. The average molecular weight is 225 g/mol. The summed E-state index contributed by atoms with van der Waals surface area (Å²) < 4.78 is 1.60. The van der Waals surface area contributed by atoms with Crippen LogP contribution in [0, 0.1) is 0 Å². The highest BCUT2D eigenvalue weighted by molar-refractivity contribution is 5.92. The third-order valence-electron chi connectivity index (χ3n) is 2.37. The van der Waals surface area contributed by atoms with Crippen LogP contribution in [0.5, 0.6) is 0 Å². The maximum absolute atomic E-state index is 12.0. The highest BCUT2D eigenvalue weighted by Crippen LogP contribution is 2.03. The lowest BCUT2D eigenvalue weighted by Crippen LogP contribution is -2.34. The first kappa shape index (κ1) is 12.7. The standard InChI is InChI=1S/C11H19N3O2/c1-3-4-6-14(8-9-15)11(16)10-5-7-13(2)12-10/h5,7,15H,3-4,6,8-9H2,1-2H3. The molecular weight excluding hydrogens is 206 g/mol. The van der Waals surface area contributed by atoms with Crippen molar-refractivity contribution in [3.05, 3.63) is 18.0 Å². The van der Waals surface area contributed by atoms with E-state index in [2.05, 4.69) is 12.0 Å². The van der Waals surface area contributed by atoms with E-state index in [0.29, 0.717) is 18.8 Å². The highest BCUT2D eigenvalue weighted by atomic mass is 16.3. The molecular formula is C11H19N3O2. The molecule has 0 aliphatic carbocycles. The van der Waals surface area contributed by atoms with Gasteiger partial charge in [0, 0.05) is 26.3 Å². The van der Waals surface area contributed by atoms with Crippen LogP contribution >= 0.6 is 0 Å². The van der Waals surface area contributed by atoms with E-state index >= 15 is 0 Å². The molecule has 16 heavy (non-hydrogen) atoms. The quantitative estimate of drug-likeness (QED) is 0.773. The number of nitrogens with zero attached hydrogens (tertiary/aromatic N) is 3. The number of hydrogen-bond donors (Lipinski definition) is 1. The molecule has 0 spiro atoms. The molecule has 0 aromatic carbocycles. The molecule has 5 nitrogen and oxygen atoms in total. The summed E-state index contributed by atoms with van der Waals surface area (Å²) in [5, 5.41) is 13.0. The first-order valence-corrected chi connectivity index (χ1v) is 5.58. The zero-order valence-electron chi connectivity index (χ0n) is 9.89. The van der Waals surface area contributed by atoms with E-state index in [1.165, 1.54) is 0 Å². The minimum absolute atomic E-state index is 0.0116. The summed E-state index contributed by atoms with van der Waals surface area (Å²) in [7, 11) is 1.78. The van der Waals surface area contributed by atoms with Crippen molar-refractivity contribution in [2.24, 2.45) is 7.05 Å². The van der Waals surface area contributed by atoms with Crippen molar-refractivity contribution in [2.75, 3.05) is 19.7 Å². The Balaban J connectivity index is 2.66. The van der Waals surface area contributed by atoms with Crippen LogP contribution in [0.15, 0.2) is 12.3 Å². The number of rotatable bonds is 6. The minimum Gasteiger partial charge on any atom is -0.395 e. The monoisotopic (exact) mass is 225 g/mol. The molecule has 90 valence electrons. The Labute approximate surface area is 95.7 Å². The molecule has 1 amide bonds. The van der Waals surface area contributed by atoms with Crippen molar-refractivity contribution in [3.63, 3.8) is 0 Å². The van der Waals surface area contributed by atoms with Gasteiger partial charge in [0.05, 0.1) is 6.61 Å². The summed E-state index contributed by atoms with van der Waals surface area (Å²) >= 11 is 0. The van der Waals surface area contributed by atoms with Gasteiger partial charge >= 0.3 is 0 Å². The molecule has 1 heterocycles. The van der Waals surface area contributed by atoms with Gasteiger partial charge in [-0.05, 0) is 12.5 Å². The Hall–Kier alpha value is -1.36. The molecule has 1 aromatic heterocycles. The van der Waals surface area contributed by atoms with Crippen LogP contribution in [0.3, 0.4) is 0 Å². The molecule has 5 heteroatoms. The zero-order valence-corrected chi connectivity index (χ0v) is 9.89. The van der Waals surface area contributed by atoms with Gasteiger partial charge in [0.2, 0.25) is 0 Å². The number of hydrogen-bond acceptors (Lipinski definition) is 3.